The van der Waals surface area contributed by atoms with Gasteiger partial charge in [0.2, 0.25) is 0 Å². The molecule has 1 aromatic heterocycles. The number of anilines is 2. The lowest BCUT2D eigenvalue weighted by Crippen LogP contribution is -2.30. The molecule has 0 aliphatic carbocycles. The second-order valence-electron chi connectivity index (χ2n) is 3.61. The summed E-state index contributed by atoms with van der Waals surface area (Å²) in [6, 6.07) is 2.05. The van der Waals surface area contributed by atoms with Crippen molar-refractivity contribution in [2.24, 2.45) is 0 Å². The van der Waals surface area contributed by atoms with Gasteiger partial charge in [0.05, 0.1) is 5.69 Å². The Kier molecular flexibility index (Phi) is 2.91. The van der Waals surface area contributed by atoms with Gasteiger partial charge in [-0.3, -0.25) is 0 Å². The van der Waals surface area contributed by atoms with Crippen molar-refractivity contribution < 1.29 is 0 Å². The van der Waals surface area contributed by atoms with E-state index in [1.807, 2.05) is 6.07 Å². The van der Waals surface area contributed by atoms with Gasteiger partial charge < -0.3 is 10.6 Å². The molecule has 4 heteroatoms. The average molecular weight is 256 g/mol. The van der Waals surface area contributed by atoms with Crippen LogP contribution in [0.2, 0.25) is 0 Å². The predicted octanol–water partition coefficient (Wildman–Crippen LogP) is 2.42. The van der Waals surface area contributed by atoms with Gasteiger partial charge in [0.1, 0.15) is 5.82 Å². The predicted molar refractivity (Wildman–Crippen MR) is 62.4 cm³/mol. The molecule has 2 rings (SSSR count). The van der Waals surface area contributed by atoms with E-state index in [1.165, 1.54) is 19.3 Å². The Bertz CT molecular complexity index is 321. The summed E-state index contributed by atoms with van der Waals surface area (Å²) in [7, 11) is 0. The maximum Gasteiger partial charge on any atom is 0.147 e. The Morgan fingerprint density at radius 2 is 2.00 bits per heavy atom. The maximum absolute atomic E-state index is 5.85. The van der Waals surface area contributed by atoms with Crippen LogP contribution in [0.15, 0.2) is 16.7 Å². The van der Waals surface area contributed by atoms with Gasteiger partial charge in [0.15, 0.2) is 0 Å². The van der Waals surface area contributed by atoms with Crippen molar-refractivity contribution in [1.82, 2.24) is 4.98 Å². The van der Waals surface area contributed by atoms with Crippen LogP contribution >= 0.6 is 15.9 Å². The first-order valence-electron chi connectivity index (χ1n) is 4.93. The van der Waals surface area contributed by atoms with Crippen LogP contribution in [-0.4, -0.2) is 18.1 Å². The fraction of sp³-hybridized carbons (Fsp3) is 0.500. The molecule has 1 aliphatic heterocycles. The summed E-state index contributed by atoms with van der Waals surface area (Å²) in [4.78, 5) is 6.46. The number of aromatic nitrogens is 1. The van der Waals surface area contributed by atoms with Crippen LogP contribution in [0.5, 0.6) is 0 Å². The molecule has 1 aromatic rings. The van der Waals surface area contributed by atoms with E-state index in [9.17, 15) is 0 Å². The monoisotopic (exact) mass is 255 g/mol. The smallest absolute Gasteiger partial charge is 0.147 e. The summed E-state index contributed by atoms with van der Waals surface area (Å²) in [5.74, 6) is 0.634. The van der Waals surface area contributed by atoms with Crippen LogP contribution in [0, 0.1) is 0 Å². The number of piperidine rings is 1. The molecule has 2 N–H and O–H groups in total. The topological polar surface area (TPSA) is 42.1 Å². The average Bonchev–Trinajstić information content (AvgIpc) is 2.23. The highest BCUT2D eigenvalue weighted by molar-refractivity contribution is 9.10. The second-order valence-corrected chi connectivity index (χ2v) is 4.52. The molecule has 0 saturated carbocycles. The first-order chi connectivity index (χ1) is 6.77. The minimum atomic E-state index is 0.634. The number of nitrogen functional groups attached to an aromatic ring is 1. The van der Waals surface area contributed by atoms with E-state index in [1.54, 1.807) is 6.20 Å². The Morgan fingerprint density at radius 3 is 2.71 bits per heavy atom. The van der Waals surface area contributed by atoms with Gasteiger partial charge >= 0.3 is 0 Å². The summed E-state index contributed by atoms with van der Waals surface area (Å²) in [6.45, 7) is 2.20. The van der Waals surface area contributed by atoms with E-state index in [0.717, 1.165) is 23.2 Å². The summed E-state index contributed by atoms with van der Waals surface area (Å²) in [5.41, 5.74) is 6.92. The zero-order valence-corrected chi connectivity index (χ0v) is 9.63. The van der Waals surface area contributed by atoms with Crippen LogP contribution in [0.1, 0.15) is 19.3 Å². The highest BCUT2D eigenvalue weighted by Gasteiger charge is 2.14. The third kappa shape index (κ3) is 2.00. The molecule has 14 heavy (non-hydrogen) atoms. The summed E-state index contributed by atoms with van der Waals surface area (Å²) >= 11 is 3.42. The number of nitrogens with two attached hydrogens (primary N) is 1. The summed E-state index contributed by atoms with van der Waals surface area (Å²) < 4.78 is 0.993. The normalized spacial score (nSPS) is 17.1. The molecule has 0 radical (unpaired) electrons. The van der Waals surface area contributed by atoms with Crippen molar-refractivity contribution in [2.45, 2.75) is 19.3 Å². The molecule has 0 unspecified atom stereocenters. The SMILES string of the molecule is Nc1ncc(Br)cc1N1CCCCC1. The molecule has 0 aromatic carbocycles. The van der Waals surface area contributed by atoms with Crippen molar-refractivity contribution in [3.05, 3.63) is 16.7 Å². The van der Waals surface area contributed by atoms with Crippen LogP contribution in [0.25, 0.3) is 0 Å². The minimum Gasteiger partial charge on any atom is -0.382 e. The molecule has 1 saturated heterocycles. The number of hydrogen-bond acceptors (Lipinski definition) is 3. The fourth-order valence-corrected chi connectivity index (χ4v) is 2.15. The van der Waals surface area contributed by atoms with Crippen molar-refractivity contribution in [3.8, 4) is 0 Å². The largest absolute Gasteiger partial charge is 0.382 e. The zero-order valence-electron chi connectivity index (χ0n) is 8.04. The van der Waals surface area contributed by atoms with E-state index in [4.69, 9.17) is 5.73 Å². The Labute approximate surface area is 92.4 Å². The van der Waals surface area contributed by atoms with E-state index in [-0.39, 0.29) is 0 Å². The van der Waals surface area contributed by atoms with Gasteiger partial charge in [-0.25, -0.2) is 4.98 Å². The number of pyridine rings is 1. The lowest BCUT2D eigenvalue weighted by atomic mass is 10.1. The minimum absolute atomic E-state index is 0.634. The van der Waals surface area contributed by atoms with Crippen molar-refractivity contribution in [3.63, 3.8) is 0 Å². The van der Waals surface area contributed by atoms with Crippen molar-refractivity contribution >= 4 is 27.4 Å². The molecule has 0 atom stereocenters. The van der Waals surface area contributed by atoms with E-state index >= 15 is 0 Å². The van der Waals surface area contributed by atoms with E-state index < -0.39 is 0 Å². The van der Waals surface area contributed by atoms with E-state index in [0.29, 0.717) is 5.82 Å². The van der Waals surface area contributed by atoms with Crippen LogP contribution in [-0.2, 0) is 0 Å². The number of halogens is 1. The highest BCUT2D eigenvalue weighted by atomic mass is 79.9. The molecule has 2 heterocycles. The molecule has 1 aliphatic rings. The van der Waals surface area contributed by atoms with Gasteiger partial charge in [0.25, 0.3) is 0 Å². The van der Waals surface area contributed by atoms with Gasteiger partial charge in [-0.15, -0.1) is 0 Å². The van der Waals surface area contributed by atoms with Crippen LogP contribution in [0.3, 0.4) is 0 Å². The summed E-state index contributed by atoms with van der Waals surface area (Å²) in [5, 5.41) is 0. The Balaban J connectivity index is 2.24. The Hall–Kier alpha value is -0.770. The quantitative estimate of drug-likeness (QED) is 0.839. The third-order valence-corrected chi connectivity index (χ3v) is 2.99. The molecule has 76 valence electrons. The zero-order chi connectivity index (χ0) is 9.97. The molecule has 1 fully saturated rings. The number of rotatable bonds is 1. The molecule has 0 spiro atoms. The molecular formula is C10H14BrN3. The van der Waals surface area contributed by atoms with Crippen LogP contribution < -0.4 is 10.6 Å². The van der Waals surface area contributed by atoms with Gasteiger partial charge in [-0.1, -0.05) is 0 Å². The first-order valence-corrected chi connectivity index (χ1v) is 5.72. The van der Waals surface area contributed by atoms with Crippen molar-refractivity contribution in [1.29, 1.82) is 0 Å². The van der Waals surface area contributed by atoms with E-state index in [2.05, 4.69) is 25.8 Å². The second kappa shape index (κ2) is 4.17. The number of nitrogens with zero attached hydrogens (tertiary/aromatic N) is 2. The van der Waals surface area contributed by atoms with Crippen LogP contribution in [0.4, 0.5) is 11.5 Å². The molecular weight excluding hydrogens is 242 g/mol. The van der Waals surface area contributed by atoms with Gasteiger partial charge in [-0.05, 0) is 41.3 Å². The molecule has 3 nitrogen and oxygen atoms in total. The lowest BCUT2D eigenvalue weighted by molar-refractivity contribution is 0.578. The molecule has 0 bridgehead atoms. The standard InChI is InChI=1S/C10H14BrN3/c11-8-6-9(10(12)13-7-8)14-4-2-1-3-5-14/h6-7H,1-5H2,(H2,12,13). The first kappa shape index (κ1) is 9.77. The maximum atomic E-state index is 5.85. The Morgan fingerprint density at radius 1 is 1.29 bits per heavy atom. The van der Waals surface area contributed by atoms with Gasteiger partial charge in [-0.2, -0.15) is 0 Å². The molecule has 0 amide bonds. The highest BCUT2D eigenvalue weighted by Crippen LogP contribution is 2.27. The van der Waals surface area contributed by atoms with Gasteiger partial charge in [0, 0.05) is 23.8 Å². The number of hydrogen-bond donors (Lipinski definition) is 1. The fourth-order valence-electron chi connectivity index (χ4n) is 1.83. The lowest BCUT2D eigenvalue weighted by Gasteiger charge is -2.29. The summed E-state index contributed by atoms with van der Waals surface area (Å²) in [6.07, 6.45) is 5.58. The third-order valence-electron chi connectivity index (χ3n) is 2.56. The van der Waals surface area contributed by atoms with Crippen molar-refractivity contribution in [2.75, 3.05) is 23.7 Å².